The summed E-state index contributed by atoms with van der Waals surface area (Å²) in [5.41, 5.74) is 0. The second-order valence-electron chi connectivity index (χ2n) is 2.52. The number of halogens is 6. The molecule has 0 aromatic heterocycles. The maximum absolute atomic E-state index is 11.9. The van der Waals surface area contributed by atoms with E-state index >= 15 is 0 Å². The zero-order valence-electron chi connectivity index (χ0n) is 6.62. The van der Waals surface area contributed by atoms with Crippen LogP contribution in [0.3, 0.4) is 0 Å². The molecule has 4 nitrogen and oxygen atoms in total. The highest BCUT2D eigenvalue weighted by atomic mass is 79.9. The number of aliphatic hydroxyl groups is 2. The van der Waals surface area contributed by atoms with Crippen LogP contribution in [0.4, 0.5) is 0 Å². The Hall–Kier alpha value is 2.99. The maximum Gasteiger partial charge on any atom is 0.236 e. The Kier molecular flexibility index (Phi) is 7.15. The van der Waals surface area contributed by atoms with Crippen molar-refractivity contribution in [1.82, 2.24) is 0 Å². The van der Waals surface area contributed by atoms with E-state index in [4.69, 9.17) is 0 Å². The van der Waals surface area contributed by atoms with Gasteiger partial charge in [-0.1, -0.05) is 31.9 Å². The Balaban J connectivity index is 5.08. The summed E-state index contributed by atoms with van der Waals surface area (Å²) in [6.45, 7) is 0. The van der Waals surface area contributed by atoms with Crippen LogP contribution in [-0.2, 0) is 4.57 Å². The van der Waals surface area contributed by atoms with Crippen molar-refractivity contribution in [3.63, 3.8) is 0 Å². The molecule has 0 spiro atoms. The summed E-state index contributed by atoms with van der Waals surface area (Å²) in [6, 6.07) is 0. The predicted octanol–water partition coefficient (Wildman–Crippen LogP) is 3.57. The van der Waals surface area contributed by atoms with E-state index in [0.29, 0.717) is 0 Å². The van der Waals surface area contributed by atoms with Gasteiger partial charge in [0.05, 0.1) is 0 Å². The zero-order chi connectivity index (χ0) is 12.7. The highest BCUT2D eigenvalue weighted by Crippen LogP contribution is 2.65. The van der Waals surface area contributed by atoms with Crippen LogP contribution in [0.2, 0.25) is 0 Å². The van der Waals surface area contributed by atoms with Crippen molar-refractivity contribution >= 4 is 103 Å². The Bertz CT molecular complexity index is 247. The Morgan fingerprint density at radius 3 is 1.27 bits per heavy atom. The molecule has 0 aliphatic rings. The lowest BCUT2D eigenvalue weighted by atomic mass is 10.8. The van der Waals surface area contributed by atoms with Crippen molar-refractivity contribution in [1.29, 1.82) is 0 Å². The molecule has 2 unspecified atom stereocenters. The number of hydrogen-bond acceptors (Lipinski definition) is 3. The van der Waals surface area contributed by atoms with Gasteiger partial charge in [-0.05, 0) is 63.7 Å². The van der Waals surface area contributed by atoms with Gasteiger partial charge < -0.3 is 15.1 Å². The van der Waals surface area contributed by atoms with Crippen molar-refractivity contribution in [2.75, 3.05) is 0 Å². The van der Waals surface area contributed by atoms with Crippen LogP contribution < -0.4 is 0 Å². The van der Waals surface area contributed by atoms with E-state index in [2.05, 4.69) is 95.6 Å². The summed E-state index contributed by atoms with van der Waals surface area (Å²) in [7, 11) is -3.97. The molecular weight excluding hydrogens is 622 g/mol. The Morgan fingerprint density at radius 2 is 1.13 bits per heavy atom. The van der Waals surface area contributed by atoms with Crippen molar-refractivity contribution < 1.29 is 19.7 Å². The van der Waals surface area contributed by atoms with Crippen LogP contribution >= 0.6 is 103 Å². The molecule has 0 bridgehead atoms. The van der Waals surface area contributed by atoms with E-state index in [9.17, 15) is 19.7 Å². The van der Waals surface area contributed by atoms with Gasteiger partial charge in [0.2, 0.25) is 7.37 Å². The fourth-order valence-electron chi connectivity index (χ4n) is 0.560. The molecule has 15 heavy (non-hydrogen) atoms. The number of rotatable bonds is 4. The molecule has 0 aromatic carbocycles. The summed E-state index contributed by atoms with van der Waals surface area (Å²) in [5, 5.41) is 18.9. The molecule has 0 amide bonds. The van der Waals surface area contributed by atoms with Gasteiger partial charge in [-0.3, -0.25) is 4.57 Å². The second-order valence-corrected chi connectivity index (χ2v) is 15.1. The summed E-state index contributed by atoms with van der Waals surface area (Å²) in [5.74, 6) is 0. The van der Waals surface area contributed by atoms with Gasteiger partial charge in [0.15, 0.2) is 6.84 Å². The standard InChI is InChI=1S/C4H5Br6O4P/c5-1(3(7,8)11)15(13,14)2(6)4(9,10)12/h1-2,11-12H,(H,13,14). The molecule has 0 heterocycles. The third-order valence-corrected chi connectivity index (χ3v) is 13.8. The largest absolute Gasteiger partial charge is 0.368 e. The van der Waals surface area contributed by atoms with Gasteiger partial charge in [-0.2, -0.15) is 0 Å². The smallest absolute Gasteiger partial charge is 0.236 e. The molecule has 0 saturated heterocycles. The molecule has 92 valence electrons. The van der Waals surface area contributed by atoms with Crippen LogP contribution in [0.15, 0.2) is 0 Å². The molecule has 0 saturated carbocycles. The van der Waals surface area contributed by atoms with Crippen LogP contribution in [0.1, 0.15) is 0 Å². The minimum absolute atomic E-state index is 1.23. The molecule has 0 rings (SSSR count). The molecule has 0 aliphatic heterocycles. The zero-order valence-corrected chi connectivity index (χ0v) is 17.0. The van der Waals surface area contributed by atoms with Crippen LogP contribution in [0, 0.1) is 0 Å². The normalized spacial score (nSPS) is 21.9. The Labute approximate surface area is 137 Å². The highest BCUT2D eigenvalue weighted by molar-refractivity contribution is 9.27. The molecular formula is C4H5Br6O4P. The van der Waals surface area contributed by atoms with Gasteiger partial charge in [-0.15, -0.1) is 0 Å². The number of hydrogen-bond donors (Lipinski definition) is 3. The average Bonchev–Trinajstić information content (AvgIpc) is 1.98. The third kappa shape index (κ3) is 5.24. The van der Waals surface area contributed by atoms with Gasteiger partial charge in [-0.25, -0.2) is 0 Å². The van der Waals surface area contributed by atoms with Crippen molar-refractivity contribution in [2.45, 2.75) is 16.0 Å². The van der Waals surface area contributed by atoms with Crippen LogP contribution in [-0.4, -0.2) is 31.1 Å². The monoisotopic (exact) mass is 622 g/mol. The van der Waals surface area contributed by atoms with Gasteiger partial charge in [0.25, 0.3) is 0 Å². The first-order chi connectivity index (χ1) is 6.31. The third-order valence-electron chi connectivity index (χ3n) is 1.22. The van der Waals surface area contributed by atoms with E-state index in [-0.39, 0.29) is 0 Å². The summed E-state index contributed by atoms with van der Waals surface area (Å²) in [6.07, 6.45) is 0. The fourth-order valence-corrected chi connectivity index (χ4v) is 7.57. The first-order valence-electron chi connectivity index (χ1n) is 3.12. The molecule has 0 aliphatic carbocycles. The van der Waals surface area contributed by atoms with Gasteiger partial charge in [0, 0.05) is 0 Å². The minimum atomic E-state index is -3.97. The van der Waals surface area contributed by atoms with E-state index < -0.39 is 23.3 Å². The lowest BCUT2D eigenvalue weighted by Crippen LogP contribution is -2.33. The molecule has 3 N–H and O–H groups in total. The topological polar surface area (TPSA) is 77.8 Å². The summed E-state index contributed by atoms with van der Waals surface area (Å²) >= 11 is 16.8. The van der Waals surface area contributed by atoms with Crippen molar-refractivity contribution in [3.05, 3.63) is 0 Å². The van der Waals surface area contributed by atoms with E-state index in [0.717, 1.165) is 0 Å². The SMILES string of the molecule is O=P(O)(C(Br)C(O)(Br)Br)C(Br)C(O)(Br)Br. The first-order valence-corrected chi connectivity index (χ1v) is 9.92. The average molecular weight is 627 g/mol. The number of alkyl halides is 6. The maximum atomic E-state index is 11.9. The van der Waals surface area contributed by atoms with Crippen molar-refractivity contribution in [2.24, 2.45) is 0 Å². The first kappa shape index (κ1) is 18.0. The van der Waals surface area contributed by atoms with E-state index in [1.54, 1.807) is 0 Å². The molecule has 11 heteroatoms. The molecule has 0 fully saturated rings. The molecule has 2 atom stereocenters. The Morgan fingerprint density at radius 1 is 0.933 bits per heavy atom. The van der Waals surface area contributed by atoms with E-state index in [1.807, 2.05) is 0 Å². The predicted molar refractivity (Wildman–Crippen MR) is 80.9 cm³/mol. The molecule has 0 radical (unpaired) electrons. The lowest BCUT2D eigenvalue weighted by molar-refractivity contribution is 0.244. The summed E-state index contributed by atoms with van der Waals surface area (Å²) < 4.78 is 5.94. The molecule has 0 aromatic rings. The minimum Gasteiger partial charge on any atom is -0.368 e. The lowest BCUT2D eigenvalue weighted by Gasteiger charge is -2.31. The van der Waals surface area contributed by atoms with E-state index in [1.165, 1.54) is 0 Å². The van der Waals surface area contributed by atoms with Crippen LogP contribution in [0.5, 0.6) is 0 Å². The van der Waals surface area contributed by atoms with Gasteiger partial charge in [0.1, 0.15) is 9.14 Å². The fraction of sp³-hybridized carbons (Fsp3) is 1.00. The quantitative estimate of drug-likeness (QED) is 0.329. The van der Waals surface area contributed by atoms with Gasteiger partial charge >= 0.3 is 0 Å². The second kappa shape index (κ2) is 5.96. The highest BCUT2D eigenvalue weighted by Gasteiger charge is 2.52. The van der Waals surface area contributed by atoms with Crippen LogP contribution in [0.25, 0.3) is 0 Å². The summed E-state index contributed by atoms with van der Waals surface area (Å²) in [4.78, 5) is 9.74. The van der Waals surface area contributed by atoms with Crippen molar-refractivity contribution in [3.8, 4) is 0 Å².